The molecule has 3 aromatic carbocycles. The molecule has 0 aliphatic carbocycles. The number of para-hydroxylation sites is 1. The van der Waals surface area contributed by atoms with E-state index in [4.69, 9.17) is 27.9 Å². The van der Waals surface area contributed by atoms with Crippen molar-refractivity contribution in [2.45, 2.75) is 13.0 Å². The molecule has 3 aromatic rings. The van der Waals surface area contributed by atoms with E-state index in [2.05, 4.69) is 21.9 Å². The number of nitrogens with one attached hydrogen (secondary N) is 2. The quantitative estimate of drug-likeness (QED) is 0.331. The average Bonchev–Trinajstić information content (AvgIpc) is 2.85. The lowest BCUT2D eigenvalue weighted by molar-refractivity contribution is -0.120. The van der Waals surface area contributed by atoms with Gasteiger partial charge in [-0.3, -0.25) is 9.59 Å². The smallest absolute Gasteiger partial charge is 0.251 e. The lowest BCUT2D eigenvalue weighted by Gasteiger charge is -2.10. The number of amides is 2. The summed E-state index contributed by atoms with van der Waals surface area (Å²) in [6.07, 6.45) is 1.51. The second-order valence-corrected chi connectivity index (χ2v) is 7.84. The summed E-state index contributed by atoms with van der Waals surface area (Å²) < 4.78 is 5.85. The molecule has 0 aromatic heterocycles. The third-order valence-electron chi connectivity index (χ3n) is 4.65. The van der Waals surface area contributed by atoms with Crippen molar-refractivity contribution < 1.29 is 14.3 Å². The van der Waals surface area contributed by atoms with Crippen molar-refractivity contribution in [3.8, 4) is 11.8 Å². The molecule has 34 heavy (non-hydrogen) atoms. The van der Waals surface area contributed by atoms with Gasteiger partial charge in [0, 0.05) is 29.7 Å². The molecule has 3 rings (SSSR count). The molecule has 0 aliphatic rings. The van der Waals surface area contributed by atoms with Crippen molar-refractivity contribution in [2.24, 2.45) is 5.10 Å². The van der Waals surface area contributed by atoms with Crippen molar-refractivity contribution >= 4 is 41.2 Å². The van der Waals surface area contributed by atoms with Crippen LogP contribution in [-0.2, 0) is 11.4 Å². The molecule has 0 atom stereocenters. The Labute approximate surface area is 207 Å². The fraction of sp³-hybridized carbons (Fsp3) is 0.120. The summed E-state index contributed by atoms with van der Waals surface area (Å²) in [5.74, 6) is -0.173. The van der Waals surface area contributed by atoms with Crippen LogP contribution in [0.5, 0.6) is 5.75 Å². The van der Waals surface area contributed by atoms with Crippen LogP contribution in [0, 0.1) is 11.3 Å². The van der Waals surface area contributed by atoms with Crippen LogP contribution in [0.25, 0.3) is 0 Å². The van der Waals surface area contributed by atoms with Crippen LogP contribution in [0.15, 0.2) is 71.8 Å². The summed E-state index contributed by atoms with van der Waals surface area (Å²) in [6.45, 7) is 0.345. The minimum Gasteiger partial charge on any atom is -0.488 e. The fourth-order valence-electron chi connectivity index (χ4n) is 2.89. The SMILES string of the molecule is N#Cc1ccccc1COc1ccccc1C=NNC(=O)CCNC(=O)c1ccc(Cl)c(Cl)c1. The topological polar surface area (TPSA) is 104 Å². The summed E-state index contributed by atoms with van der Waals surface area (Å²) in [5.41, 5.74) is 4.75. The van der Waals surface area contributed by atoms with Gasteiger partial charge in [0.25, 0.3) is 5.91 Å². The molecule has 0 spiro atoms. The number of hydrogen-bond acceptors (Lipinski definition) is 5. The third kappa shape index (κ3) is 7.07. The van der Waals surface area contributed by atoms with Gasteiger partial charge in [-0.25, -0.2) is 5.43 Å². The monoisotopic (exact) mass is 494 g/mol. The average molecular weight is 495 g/mol. The molecule has 0 bridgehead atoms. The molecular weight excluding hydrogens is 475 g/mol. The Morgan fingerprint density at radius 1 is 1.03 bits per heavy atom. The minimum atomic E-state index is -0.368. The molecule has 0 aliphatic heterocycles. The molecule has 172 valence electrons. The predicted octanol–water partition coefficient (Wildman–Crippen LogP) is 4.71. The Morgan fingerprint density at radius 3 is 2.59 bits per heavy atom. The number of hydrogen-bond donors (Lipinski definition) is 2. The molecule has 2 amide bonds. The first-order valence-electron chi connectivity index (χ1n) is 10.2. The van der Waals surface area contributed by atoms with E-state index in [0.717, 1.165) is 5.56 Å². The summed E-state index contributed by atoms with van der Waals surface area (Å²) in [6, 6.07) is 21.1. The highest BCUT2D eigenvalue weighted by atomic mass is 35.5. The number of hydrazone groups is 1. The van der Waals surface area contributed by atoms with Gasteiger partial charge in [0.1, 0.15) is 12.4 Å². The second kappa shape index (κ2) is 12.4. The van der Waals surface area contributed by atoms with Crippen molar-refractivity contribution in [3.63, 3.8) is 0 Å². The van der Waals surface area contributed by atoms with Crippen LogP contribution in [-0.4, -0.2) is 24.6 Å². The highest BCUT2D eigenvalue weighted by Crippen LogP contribution is 2.22. The molecule has 0 fully saturated rings. The Hall–Kier alpha value is -3.86. The van der Waals surface area contributed by atoms with E-state index in [9.17, 15) is 14.9 Å². The van der Waals surface area contributed by atoms with Gasteiger partial charge in [0.15, 0.2) is 0 Å². The van der Waals surface area contributed by atoms with Gasteiger partial charge in [-0.1, -0.05) is 53.5 Å². The number of nitriles is 1. The minimum absolute atomic E-state index is 0.0352. The number of halogens is 2. The van der Waals surface area contributed by atoms with E-state index in [-0.39, 0.29) is 36.4 Å². The summed E-state index contributed by atoms with van der Waals surface area (Å²) in [5, 5.41) is 16.4. The first kappa shape index (κ1) is 24.8. The maximum absolute atomic E-state index is 12.1. The number of ether oxygens (including phenoxy) is 1. The summed E-state index contributed by atoms with van der Waals surface area (Å²) in [7, 11) is 0. The van der Waals surface area contributed by atoms with Gasteiger partial charge in [0.2, 0.25) is 5.91 Å². The second-order valence-electron chi connectivity index (χ2n) is 7.02. The molecule has 0 radical (unpaired) electrons. The first-order valence-corrected chi connectivity index (χ1v) is 11.0. The van der Waals surface area contributed by atoms with Crippen LogP contribution >= 0.6 is 23.2 Å². The number of carbonyl (C=O) groups excluding carboxylic acids is 2. The van der Waals surface area contributed by atoms with Crippen molar-refractivity contribution in [2.75, 3.05) is 6.54 Å². The van der Waals surface area contributed by atoms with Crippen LogP contribution in [0.3, 0.4) is 0 Å². The highest BCUT2D eigenvalue weighted by Gasteiger charge is 2.09. The number of nitrogens with zero attached hydrogens (tertiary/aromatic N) is 2. The number of benzene rings is 3. The van der Waals surface area contributed by atoms with Gasteiger partial charge in [0.05, 0.1) is 27.9 Å². The molecule has 9 heteroatoms. The van der Waals surface area contributed by atoms with Crippen molar-refractivity contribution in [3.05, 3.63) is 99.0 Å². The van der Waals surface area contributed by atoms with Crippen LogP contribution in [0.4, 0.5) is 0 Å². The fourth-order valence-corrected chi connectivity index (χ4v) is 3.19. The van der Waals surface area contributed by atoms with E-state index < -0.39 is 0 Å². The zero-order chi connectivity index (χ0) is 24.3. The van der Waals surface area contributed by atoms with E-state index >= 15 is 0 Å². The number of rotatable bonds is 9. The summed E-state index contributed by atoms with van der Waals surface area (Å²) in [4.78, 5) is 24.2. The largest absolute Gasteiger partial charge is 0.488 e. The van der Waals surface area contributed by atoms with Crippen molar-refractivity contribution in [1.82, 2.24) is 10.7 Å². The number of carbonyl (C=O) groups is 2. The Bertz CT molecular complexity index is 1250. The predicted molar refractivity (Wildman–Crippen MR) is 131 cm³/mol. The maximum atomic E-state index is 12.1. The van der Waals surface area contributed by atoms with Gasteiger partial charge in [-0.05, 0) is 36.4 Å². The van der Waals surface area contributed by atoms with Crippen LogP contribution < -0.4 is 15.5 Å². The molecule has 0 saturated heterocycles. The zero-order valence-electron chi connectivity index (χ0n) is 17.9. The standard InChI is InChI=1S/C25H20Cl2N4O3/c26-21-10-9-17(13-22(21)27)25(33)29-12-11-24(32)31-30-15-19-6-3-4-8-23(19)34-16-20-7-2-1-5-18(20)14-28/h1-10,13,15H,11-12,16H2,(H,29,33)(H,31,32). The Balaban J connectivity index is 1.48. The van der Waals surface area contributed by atoms with Gasteiger partial charge < -0.3 is 10.1 Å². The van der Waals surface area contributed by atoms with E-state index in [1.54, 1.807) is 30.3 Å². The first-order chi connectivity index (χ1) is 16.5. The lowest BCUT2D eigenvalue weighted by Crippen LogP contribution is -2.29. The molecule has 0 unspecified atom stereocenters. The lowest BCUT2D eigenvalue weighted by atomic mass is 10.1. The van der Waals surface area contributed by atoms with Crippen LogP contribution in [0.2, 0.25) is 10.0 Å². The Morgan fingerprint density at radius 2 is 1.79 bits per heavy atom. The highest BCUT2D eigenvalue weighted by molar-refractivity contribution is 6.42. The normalized spacial score (nSPS) is 10.5. The van der Waals surface area contributed by atoms with Gasteiger partial charge in [-0.2, -0.15) is 10.4 Å². The molecule has 7 nitrogen and oxygen atoms in total. The molecule has 0 saturated carbocycles. The van der Waals surface area contributed by atoms with Crippen molar-refractivity contribution in [1.29, 1.82) is 5.26 Å². The van der Waals surface area contributed by atoms with E-state index in [1.165, 1.54) is 18.3 Å². The van der Waals surface area contributed by atoms with Gasteiger partial charge in [-0.15, -0.1) is 0 Å². The summed E-state index contributed by atoms with van der Waals surface area (Å²) >= 11 is 11.8. The van der Waals surface area contributed by atoms with Gasteiger partial charge >= 0.3 is 0 Å². The van der Waals surface area contributed by atoms with E-state index in [0.29, 0.717) is 27.5 Å². The van der Waals surface area contributed by atoms with Crippen LogP contribution in [0.1, 0.15) is 33.5 Å². The molecular formula is C25H20Cl2N4O3. The molecule has 2 N–H and O–H groups in total. The Kier molecular flexibility index (Phi) is 9.04. The van der Waals surface area contributed by atoms with E-state index in [1.807, 2.05) is 24.3 Å². The molecule has 0 heterocycles. The third-order valence-corrected chi connectivity index (χ3v) is 5.39. The zero-order valence-corrected chi connectivity index (χ0v) is 19.4. The maximum Gasteiger partial charge on any atom is 0.251 e.